The van der Waals surface area contributed by atoms with Crippen LogP contribution >= 0.6 is 0 Å². The molecule has 1 amide bonds. The third-order valence-corrected chi connectivity index (χ3v) is 4.93. The summed E-state index contributed by atoms with van der Waals surface area (Å²) < 4.78 is 25.7. The van der Waals surface area contributed by atoms with E-state index in [1.165, 1.54) is 16.4 Å². The molecule has 2 rings (SSSR count). The fourth-order valence-electron chi connectivity index (χ4n) is 2.06. The molecule has 104 valence electrons. The van der Waals surface area contributed by atoms with Gasteiger partial charge in [0, 0.05) is 18.7 Å². The van der Waals surface area contributed by atoms with Gasteiger partial charge in [-0.2, -0.15) is 4.31 Å². The number of aliphatic hydroxyl groups is 1. The van der Waals surface area contributed by atoms with Gasteiger partial charge in [-0.25, -0.2) is 8.42 Å². The smallest absolute Gasteiger partial charge is 0.249 e. The molecule has 7 heteroatoms. The molecule has 0 aromatic heterocycles. The summed E-state index contributed by atoms with van der Waals surface area (Å²) in [6, 6.07) is 4.26. The first-order valence-electron chi connectivity index (χ1n) is 5.76. The lowest BCUT2D eigenvalue weighted by Crippen LogP contribution is -2.61. The Kier molecular flexibility index (Phi) is 3.16. The Hall–Kier alpha value is -1.44. The molecule has 0 saturated carbocycles. The predicted molar refractivity (Wildman–Crippen MR) is 69.1 cm³/mol. The lowest BCUT2D eigenvalue weighted by atomic mass is 10.0. The van der Waals surface area contributed by atoms with Crippen molar-refractivity contribution in [2.24, 2.45) is 5.73 Å². The van der Waals surface area contributed by atoms with Gasteiger partial charge in [0.2, 0.25) is 15.9 Å². The molecule has 1 fully saturated rings. The summed E-state index contributed by atoms with van der Waals surface area (Å²) in [5.41, 5.74) is 5.04. The highest BCUT2D eigenvalue weighted by molar-refractivity contribution is 7.89. The van der Waals surface area contributed by atoms with Crippen molar-refractivity contribution in [1.82, 2.24) is 4.31 Å². The first-order chi connectivity index (χ1) is 8.63. The fraction of sp³-hybridized carbons (Fsp3) is 0.417. The van der Waals surface area contributed by atoms with E-state index in [2.05, 4.69) is 0 Å². The molecule has 3 N–H and O–H groups in total. The van der Waals surface area contributed by atoms with Crippen LogP contribution in [0.4, 0.5) is 0 Å². The van der Waals surface area contributed by atoms with Gasteiger partial charge in [0.1, 0.15) is 0 Å². The van der Waals surface area contributed by atoms with Crippen LogP contribution in [0.5, 0.6) is 0 Å². The standard InChI is InChI=1S/C12H16N2O4S/c1-8-3-4-9(5-10(8)11(13)15)19(17,18)14-6-12(2,16)7-14/h3-5,16H,6-7H2,1-2H3,(H2,13,15). The van der Waals surface area contributed by atoms with E-state index in [-0.39, 0.29) is 23.5 Å². The molecule has 0 atom stereocenters. The number of nitrogens with zero attached hydrogens (tertiary/aromatic N) is 1. The Bertz CT molecular complexity index is 629. The second-order valence-electron chi connectivity index (χ2n) is 5.11. The summed E-state index contributed by atoms with van der Waals surface area (Å²) in [6.07, 6.45) is 0. The molecule has 1 saturated heterocycles. The van der Waals surface area contributed by atoms with E-state index in [0.717, 1.165) is 0 Å². The highest BCUT2D eigenvalue weighted by atomic mass is 32.2. The van der Waals surface area contributed by atoms with Crippen LogP contribution in [0.3, 0.4) is 0 Å². The van der Waals surface area contributed by atoms with Crippen molar-refractivity contribution in [3.63, 3.8) is 0 Å². The molecule has 0 unspecified atom stereocenters. The third kappa shape index (κ3) is 2.49. The Balaban J connectivity index is 2.37. The Morgan fingerprint density at radius 2 is 2.00 bits per heavy atom. The third-order valence-electron chi connectivity index (χ3n) is 3.15. The molecule has 6 nitrogen and oxygen atoms in total. The average molecular weight is 284 g/mol. The van der Waals surface area contributed by atoms with Gasteiger partial charge in [0.25, 0.3) is 0 Å². The van der Waals surface area contributed by atoms with Crippen LogP contribution in [0.2, 0.25) is 0 Å². The van der Waals surface area contributed by atoms with Crippen LogP contribution in [0.25, 0.3) is 0 Å². The highest BCUT2D eigenvalue weighted by Crippen LogP contribution is 2.28. The molecule has 1 aromatic rings. The SMILES string of the molecule is Cc1ccc(S(=O)(=O)N2CC(C)(O)C2)cc1C(N)=O. The maximum atomic E-state index is 12.3. The summed E-state index contributed by atoms with van der Waals surface area (Å²) in [6.45, 7) is 3.36. The summed E-state index contributed by atoms with van der Waals surface area (Å²) >= 11 is 0. The number of aryl methyl sites for hydroxylation is 1. The molecule has 0 bridgehead atoms. The first kappa shape index (κ1) is 14.0. The Labute approximate surface area is 111 Å². The van der Waals surface area contributed by atoms with Crippen LogP contribution in [0, 0.1) is 6.92 Å². The summed E-state index contributed by atoms with van der Waals surface area (Å²) in [7, 11) is -3.68. The van der Waals surface area contributed by atoms with Crippen LogP contribution < -0.4 is 5.73 Å². The van der Waals surface area contributed by atoms with Crippen molar-refractivity contribution in [3.05, 3.63) is 29.3 Å². The van der Waals surface area contributed by atoms with Gasteiger partial charge in [-0.1, -0.05) is 6.07 Å². The van der Waals surface area contributed by atoms with Crippen LogP contribution in [-0.2, 0) is 10.0 Å². The van der Waals surface area contributed by atoms with Gasteiger partial charge in [-0.3, -0.25) is 4.79 Å². The molecule has 0 spiro atoms. The lowest BCUT2D eigenvalue weighted by molar-refractivity contribution is -0.0426. The number of rotatable bonds is 3. The average Bonchev–Trinajstić information content (AvgIpc) is 2.25. The van der Waals surface area contributed by atoms with E-state index in [1.54, 1.807) is 19.9 Å². The van der Waals surface area contributed by atoms with Gasteiger partial charge in [-0.15, -0.1) is 0 Å². The van der Waals surface area contributed by atoms with E-state index in [0.29, 0.717) is 5.56 Å². The second kappa shape index (κ2) is 4.29. The summed E-state index contributed by atoms with van der Waals surface area (Å²) in [4.78, 5) is 11.2. The van der Waals surface area contributed by atoms with E-state index < -0.39 is 21.5 Å². The quantitative estimate of drug-likeness (QED) is 0.806. The van der Waals surface area contributed by atoms with Crippen molar-refractivity contribution in [2.45, 2.75) is 24.3 Å². The normalized spacial score (nSPS) is 18.9. The van der Waals surface area contributed by atoms with Gasteiger partial charge in [-0.05, 0) is 31.5 Å². The second-order valence-corrected chi connectivity index (χ2v) is 7.05. The Morgan fingerprint density at radius 1 is 1.42 bits per heavy atom. The molecule has 19 heavy (non-hydrogen) atoms. The van der Waals surface area contributed by atoms with E-state index >= 15 is 0 Å². The molecule has 0 radical (unpaired) electrons. The first-order valence-corrected chi connectivity index (χ1v) is 7.20. The highest BCUT2D eigenvalue weighted by Gasteiger charge is 2.43. The van der Waals surface area contributed by atoms with Gasteiger partial charge in [0.05, 0.1) is 10.5 Å². The minimum Gasteiger partial charge on any atom is -0.387 e. The Morgan fingerprint density at radius 3 is 2.47 bits per heavy atom. The zero-order chi connectivity index (χ0) is 14.4. The molecule has 1 heterocycles. The van der Waals surface area contributed by atoms with Crippen molar-refractivity contribution < 1.29 is 18.3 Å². The monoisotopic (exact) mass is 284 g/mol. The van der Waals surface area contributed by atoms with Crippen molar-refractivity contribution >= 4 is 15.9 Å². The lowest BCUT2D eigenvalue weighted by Gasteiger charge is -2.42. The predicted octanol–water partition coefficient (Wildman–Crippen LogP) is -0.151. The fourth-order valence-corrected chi connectivity index (χ4v) is 3.76. The number of hydrogen-bond donors (Lipinski definition) is 2. The van der Waals surface area contributed by atoms with Crippen molar-refractivity contribution in [3.8, 4) is 0 Å². The topological polar surface area (TPSA) is 101 Å². The number of benzene rings is 1. The van der Waals surface area contributed by atoms with Crippen LogP contribution in [-0.4, -0.2) is 42.4 Å². The number of nitrogens with two attached hydrogens (primary N) is 1. The van der Waals surface area contributed by atoms with Crippen molar-refractivity contribution in [1.29, 1.82) is 0 Å². The van der Waals surface area contributed by atoms with E-state index in [4.69, 9.17) is 5.73 Å². The maximum absolute atomic E-state index is 12.3. The van der Waals surface area contributed by atoms with Crippen LogP contribution in [0.15, 0.2) is 23.1 Å². The van der Waals surface area contributed by atoms with Gasteiger partial charge >= 0.3 is 0 Å². The van der Waals surface area contributed by atoms with E-state index in [9.17, 15) is 18.3 Å². The number of β-amino-alcohol motifs (C(OH)–C–C–N with tert-alkyl or cyclic N) is 1. The minimum absolute atomic E-state index is 0.0161. The van der Waals surface area contributed by atoms with Crippen LogP contribution in [0.1, 0.15) is 22.8 Å². The summed E-state index contributed by atoms with van der Waals surface area (Å²) in [5.74, 6) is -0.662. The molecule has 1 aromatic carbocycles. The molecular weight excluding hydrogens is 268 g/mol. The zero-order valence-electron chi connectivity index (χ0n) is 10.8. The number of amides is 1. The number of carbonyl (C=O) groups excluding carboxylic acids is 1. The number of sulfonamides is 1. The number of hydrogen-bond acceptors (Lipinski definition) is 4. The maximum Gasteiger partial charge on any atom is 0.249 e. The molecular formula is C12H16N2O4S. The van der Waals surface area contributed by atoms with E-state index in [1.807, 2.05) is 0 Å². The molecule has 1 aliphatic heterocycles. The number of carbonyl (C=O) groups is 1. The zero-order valence-corrected chi connectivity index (χ0v) is 11.6. The summed E-state index contributed by atoms with van der Waals surface area (Å²) in [5, 5.41) is 9.60. The molecule has 0 aliphatic carbocycles. The van der Waals surface area contributed by atoms with Crippen molar-refractivity contribution in [2.75, 3.05) is 13.1 Å². The van der Waals surface area contributed by atoms with Gasteiger partial charge < -0.3 is 10.8 Å². The largest absolute Gasteiger partial charge is 0.387 e. The minimum atomic E-state index is -3.68. The number of primary amides is 1. The van der Waals surface area contributed by atoms with Gasteiger partial charge in [0.15, 0.2) is 0 Å². The molecule has 1 aliphatic rings.